The fourth-order valence-corrected chi connectivity index (χ4v) is 4.73. The molecule has 1 amide bonds. The van der Waals surface area contributed by atoms with E-state index in [9.17, 15) is 22.8 Å². The van der Waals surface area contributed by atoms with Crippen LogP contribution in [0.3, 0.4) is 0 Å². The van der Waals surface area contributed by atoms with E-state index in [2.05, 4.69) is 15.3 Å². The molecule has 0 spiro atoms. The Labute approximate surface area is 155 Å². The molecule has 1 unspecified atom stereocenters. The SMILES string of the molecule is CC(C)NC(=O)C1CCCN(S(=O)(=O)c2ccc3[nH]c(=O)c(=O)[nH]c3c2)C1. The van der Waals surface area contributed by atoms with Gasteiger partial charge in [0.05, 0.1) is 21.8 Å². The normalized spacial score (nSPS) is 18.7. The fraction of sp³-hybridized carbons (Fsp3) is 0.471. The third-order valence-corrected chi connectivity index (χ3v) is 6.38. The summed E-state index contributed by atoms with van der Waals surface area (Å²) < 4.78 is 27.3. The monoisotopic (exact) mass is 394 g/mol. The molecule has 1 saturated heterocycles. The van der Waals surface area contributed by atoms with Crippen LogP contribution in [0.2, 0.25) is 0 Å². The Morgan fingerprint density at radius 2 is 1.85 bits per heavy atom. The van der Waals surface area contributed by atoms with E-state index in [0.717, 1.165) is 0 Å². The molecule has 1 aromatic carbocycles. The maximum Gasteiger partial charge on any atom is 0.314 e. The van der Waals surface area contributed by atoms with Crippen LogP contribution in [0.5, 0.6) is 0 Å². The summed E-state index contributed by atoms with van der Waals surface area (Å²) >= 11 is 0. The zero-order chi connectivity index (χ0) is 19.8. The van der Waals surface area contributed by atoms with Gasteiger partial charge in [-0.1, -0.05) is 0 Å². The number of aromatic nitrogens is 2. The molecule has 0 bridgehead atoms. The fourth-order valence-electron chi connectivity index (χ4n) is 3.18. The zero-order valence-corrected chi connectivity index (χ0v) is 15.9. The molecular weight excluding hydrogens is 372 g/mol. The number of nitrogens with one attached hydrogen (secondary N) is 3. The minimum absolute atomic E-state index is 0.00242. The van der Waals surface area contributed by atoms with Crippen LogP contribution in [-0.4, -0.2) is 47.7 Å². The van der Waals surface area contributed by atoms with Crippen LogP contribution in [-0.2, 0) is 14.8 Å². The van der Waals surface area contributed by atoms with Crippen molar-refractivity contribution in [3.63, 3.8) is 0 Å². The van der Waals surface area contributed by atoms with Gasteiger partial charge >= 0.3 is 11.1 Å². The molecule has 1 aliphatic heterocycles. The van der Waals surface area contributed by atoms with Crippen LogP contribution in [0.25, 0.3) is 11.0 Å². The first kappa shape index (κ1) is 19.3. The van der Waals surface area contributed by atoms with E-state index in [4.69, 9.17) is 0 Å². The topological polar surface area (TPSA) is 132 Å². The average molecular weight is 394 g/mol. The average Bonchev–Trinajstić information content (AvgIpc) is 2.62. The second-order valence-corrected chi connectivity index (χ2v) is 8.92. The molecule has 146 valence electrons. The van der Waals surface area contributed by atoms with Gasteiger partial charge in [0.2, 0.25) is 15.9 Å². The number of fused-ring (bicyclic) bond motifs is 1. The first-order valence-electron chi connectivity index (χ1n) is 8.75. The summed E-state index contributed by atoms with van der Waals surface area (Å²) in [7, 11) is -3.83. The lowest BCUT2D eigenvalue weighted by Crippen LogP contribution is -2.46. The van der Waals surface area contributed by atoms with Crippen molar-refractivity contribution in [3.05, 3.63) is 38.9 Å². The van der Waals surface area contributed by atoms with Gasteiger partial charge in [-0.05, 0) is 44.9 Å². The lowest BCUT2D eigenvalue weighted by atomic mass is 9.98. The van der Waals surface area contributed by atoms with Crippen LogP contribution in [0, 0.1) is 5.92 Å². The summed E-state index contributed by atoms with van der Waals surface area (Å²) in [4.78, 5) is 39.9. The Balaban J connectivity index is 1.90. The molecule has 3 rings (SSSR count). The maximum atomic E-state index is 13.0. The second-order valence-electron chi connectivity index (χ2n) is 6.98. The van der Waals surface area contributed by atoms with Crippen molar-refractivity contribution in [2.75, 3.05) is 13.1 Å². The summed E-state index contributed by atoms with van der Waals surface area (Å²) in [5, 5.41) is 2.83. The number of amides is 1. The van der Waals surface area contributed by atoms with E-state index in [1.807, 2.05) is 13.8 Å². The number of hydrogen-bond acceptors (Lipinski definition) is 5. The zero-order valence-electron chi connectivity index (χ0n) is 15.1. The molecular formula is C17H22N4O5S. The van der Waals surface area contributed by atoms with E-state index < -0.39 is 27.1 Å². The van der Waals surface area contributed by atoms with Gasteiger partial charge in [0.25, 0.3) is 0 Å². The number of H-pyrrole nitrogens is 2. The van der Waals surface area contributed by atoms with Gasteiger partial charge in [-0.2, -0.15) is 4.31 Å². The number of hydrogen-bond donors (Lipinski definition) is 3. The van der Waals surface area contributed by atoms with Crippen molar-refractivity contribution in [3.8, 4) is 0 Å². The van der Waals surface area contributed by atoms with Crippen LogP contribution >= 0.6 is 0 Å². The molecule has 2 heterocycles. The summed E-state index contributed by atoms with van der Waals surface area (Å²) in [6.45, 7) is 4.15. The van der Waals surface area contributed by atoms with E-state index in [0.29, 0.717) is 24.9 Å². The number of aromatic amines is 2. The number of nitrogens with zero attached hydrogens (tertiary/aromatic N) is 1. The molecule has 10 heteroatoms. The van der Waals surface area contributed by atoms with Crippen LogP contribution in [0.4, 0.5) is 0 Å². The molecule has 2 aromatic rings. The van der Waals surface area contributed by atoms with Gasteiger partial charge in [-0.3, -0.25) is 14.4 Å². The van der Waals surface area contributed by atoms with Gasteiger partial charge in [-0.25, -0.2) is 8.42 Å². The molecule has 1 fully saturated rings. The van der Waals surface area contributed by atoms with Crippen molar-refractivity contribution in [2.24, 2.45) is 5.92 Å². The van der Waals surface area contributed by atoms with Crippen molar-refractivity contribution < 1.29 is 13.2 Å². The van der Waals surface area contributed by atoms with E-state index in [1.54, 1.807) is 0 Å². The first-order chi connectivity index (χ1) is 12.7. The Morgan fingerprint density at radius 1 is 1.19 bits per heavy atom. The molecule has 0 saturated carbocycles. The number of benzene rings is 1. The predicted molar refractivity (Wildman–Crippen MR) is 100.0 cm³/mol. The smallest absolute Gasteiger partial charge is 0.314 e. The molecule has 9 nitrogen and oxygen atoms in total. The largest absolute Gasteiger partial charge is 0.354 e. The molecule has 1 aliphatic rings. The highest BCUT2D eigenvalue weighted by Crippen LogP contribution is 2.25. The second kappa shape index (κ2) is 7.28. The number of carbonyl (C=O) groups is 1. The summed E-state index contributed by atoms with van der Waals surface area (Å²) in [6.07, 6.45) is 1.23. The quantitative estimate of drug-likeness (QED) is 0.635. The van der Waals surface area contributed by atoms with E-state index in [-0.39, 0.29) is 28.9 Å². The Morgan fingerprint density at radius 3 is 2.52 bits per heavy atom. The number of piperidine rings is 1. The van der Waals surface area contributed by atoms with Gasteiger partial charge in [-0.15, -0.1) is 0 Å². The third kappa shape index (κ3) is 3.96. The molecule has 0 radical (unpaired) electrons. The molecule has 0 aliphatic carbocycles. The van der Waals surface area contributed by atoms with E-state index in [1.165, 1.54) is 22.5 Å². The van der Waals surface area contributed by atoms with Crippen LogP contribution < -0.4 is 16.4 Å². The van der Waals surface area contributed by atoms with Crippen molar-refractivity contribution in [1.82, 2.24) is 19.6 Å². The van der Waals surface area contributed by atoms with Gasteiger partial charge in [0.1, 0.15) is 0 Å². The standard InChI is InChI=1S/C17H22N4O5S/c1-10(2)18-15(22)11-4-3-7-21(9-11)27(25,26)12-5-6-13-14(8-12)20-17(24)16(23)19-13/h5-6,8,10-11H,3-4,7,9H2,1-2H3,(H,18,22)(H,19,23)(H,20,24). The molecule has 1 atom stereocenters. The molecule has 27 heavy (non-hydrogen) atoms. The summed E-state index contributed by atoms with van der Waals surface area (Å²) in [5.74, 6) is -0.544. The maximum absolute atomic E-state index is 13.0. The Kier molecular flexibility index (Phi) is 5.20. The highest BCUT2D eigenvalue weighted by molar-refractivity contribution is 7.89. The van der Waals surface area contributed by atoms with Crippen LogP contribution in [0.15, 0.2) is 32.7 Å². The Bertz CT molecular complexity index is 1090. The minimum Gasteiger partial charge on any atom is -0.354 e. The highest BCUT2D eigenvalue weighted by atomic mass is 32.2. The van der Waals surface area contributed by atoms with Crippen molar-refractivity contribution in [1.29, 1.82) is 0 Å². The van der Waals surface area contributed by atoms with E-state index >= 15 is 0 Å². The predicted octanol–water partition coefficient (Wildman–Crippen LogP) is 0.142. The highest BCUT2D eigenvalue weighted by Gasteiger charge is 2.33. The van der Waals surface area contributed by atoms with Crippen molar-refractivity contribution >= 4 is 27.0 Å². The van der Waals surface area contributed by atoms with Crippen molar-refractivity contribution in [2.45, 2.75) is 37.6 Å². The lowest BCUT2D eigenvalue weighted by Gasteiger charge is -2.31. The summed E-state index contributed by atoms with van der Waals surface area (Å²) in [6, 6.07) is 4.12. The third-order valence-electron chi connectivity index (χ3n) is 4.52. The van der Waals surface area contributed by atoms with Gasteiger partial charge < -0.3 is 15.3 Å². The van der Waals surface area contributed by atoms with Gasteiger partial charge in [0.15, 0.2) is 0 Å². The number of sulfonamides is 1. The lowest BCUT2D eigenvalue weighted by molar-refractivity contribution is -0.126. The molecule has 1 aromatic heterocycles. The summed E-state index contributed by atoms with van der Waals surface area (Å²) in [5.41, 5.74) is -1.08. The Hall–Kier alpha value is -2.46. The molecule has 3 N–H and O–H groups in total. The van der Waals surface area contributed by atoms with Crippen LogP contribution in [0.1, 0.15) is 26.7 Å². The minimum atomic E-state index is -3.83. The van der Waals surface area contributed by atoms with Gasteiger partial charge in [0, 0.05) is 19.1 Å². The first-order valence-corrected chi connectivity index (χ1v) is 10.2. The number of rotatable bonds is 4. The number of carbonyl (C=O) groups excluding carboxylic acids is 1.